The van der Waals surface area contributed by atoms with Gasteiger partial charge < -0.3 is 10.4 Å². The lowest BCUT2D eigenvalue weighted by atomic mass is 10.1. The minimum absolute atomic E-state index is 0.304. The number of carbonyl (C=O) groups is 1. The summed E-state index contributed by atoms with van der Waals surface area (Å²) in [5.74, 6) is -0.943. The molecule has 0 radical (unpaired) electrons. The van der Waals surface area contributed by atoms with E-state index >= 15 is 0 Å². The van der Waals surface area contributed by atoms with Gasteiger partial charge >= 0.3 is 5.97 Å². The highest BCUT2D eigenvalue weighted by Crippen LogP contribution is 2.20. The van der Waals surface area contributed by atoms with Gasteiger partial charge in [-0.3, -0.25) is 0 Å². The predicted octanol–water partition coefficient (Wildman–Crippen LogP) is 2.99. The molecule has 0 aliphatic heterocycles. The van der Waals surface area contributed by atoms with Crippen molar-refractivity contribution in [2.24, 2.45) is 0 Å². The van der Waals surface area contributed by atoms with Crippen molar-refractivity contribution in [3.05, 3.63) is 65.7 Å². The minimum atomic E-state index is -0.943. The molecule has 0 saturated carbocycles. The second-order valence-corrected chi connectivity index (χ2v) is 4.36. The Hall–Kier alpha value is -2.80. The number of rotatable bonds is 5. The number of nitrogens with one attached hydrogen (secondary N) is 1. The van der Waals surface area contributed by atoms with Gasteiger partial charge in [0.1, 0.15) is 0 Å². The molecule has 0 spiro atoms. The molecule has 2 aromatic rings. The van der Waals surface area contributed by atoms with Crippen molar-refractivity contribution >= 4 is 11.7 Å². The summed E-state index contributed by atoms with van der Waals surface area (Å²) in [7, 11) is 0. The second kappa shape index (κ2) is 6.39. The van der Waals surface area contributed by atoms with Crippen LogP contribution in [0.3, 0.4) is 0 Å². The molecule has 0 aromatic heterocycles. The molecular weight excluding hydrogens is 252 g/mol. The molecule has 2 rings (SSSR count). The normalized spacial score (nSPS) is 11.3. The summed E-state index contributed by atoms with van der Waals surface area (Å²) in [6, 6.07) is 17.5. The molecule has 4 heteroatoms. The highest BCUT2D eigenvalue weighted by atomic mass is 16.4. The van der Waals surface area contributed by atoms with E-state index in [0.717, 1.165) is 5.56 Å². The first-order chi connectivity index (χ1) is 9.70. The van der Waals surface area contributed by atoms with Crippen LogP contribution >= 0.6 is 0 Å². The van der Waals surface area contributed by atoms with Crippen LogP contribution in [-0.2, 0) is 11.2 Å². The number of hydrogen-bond acceptors (Lipinski definition) is 3. The Morgan fingerprint density at radius 1 is 1.20 bits per heavy atom. The maximum absolute atomic E-state index is 11.4. The quantitative estimate of drug-likeness (QED) is 0.872. The summed E-state index contributed by atoms with van der Waals surface area (Å²) in [6.07, 6.45) is 0.304. The Morgan fingerprint density at radius 2 is 1.95 bits per heavy atom. The summed E-state index contributed by atoms with van der Waals surface area (Å²) in [5, 5.41) is 21.0. The predicted molar refractivity (Wildman–Crippen MR) is 76.2 cm³/mol. The first-order valence-electron chi connectivity index (χ1n) is 6.21. The van der Waals surface area contributed by atoms with E-state index in [1.165, 1.54) is 0 Å². The largest absolute Gasteiger partial charge is 0.479 e. The van der Waals surface area contributed by atoms with E-state index in [9.17, 15) is 9.90 Å². The fourth-order valence-electron chi connectivity index (χ4n) is 1.96. The maximum Gasteiger partial charge on any atom is 0.330 e. The zero-order chi connectivity index (χ0) is 14.4. The average Bonchev–Trinajstić information content (AvgIpc) is 2.46. The van der Waals surface area contributed by atoms with E-state index in [-0.39, 0.29) is 0 Å². The third-order valence-corrected chi connectivity index (χ3v) is 2.90. The van der Waals surface area contributed by atoms with Gasteiger partial charge in [-0.2, -0.15) is 5.26 Å². The SMILES string of the molecule is N#CCc1cccc(N[C@H](C(=O)O)c2ccccc2)c1. The van der Waals surface area contributed by atoms with E-state index in [1.54, 1.807) is 42.5 Å². The lowest BCUT2D eigenvalue weighted by molar-refractivity contribution is -0.138. The molecule has 0 heterocycles. The molecule has 0 aliphatic carbocycles. The van der Waals surface area contributed by atoms with Gasteiger partial charge in [-0.05, 0) is 23.3 Å². The Balaban J connectivity index is 2.23. The number of nitriles is 1. The minimum Gasteiger partial charge on any atom is -0.479 e. The number of carboxylic acid groups (broad SMARTS) is 1. The fourth-order valence-corrected chi connectivity index (χ4v) is 1.96. The third kappa shape index (κ3) is 3.36. The third-order valence-electron chi connectivity index (χ3n) is 2.90. The number of anilines is 1. The van der Waals surface area contributed by atoms with Crippen LogP contribution in [0.25, 0.3) is 0 Å². The molecular formula is C16H14N2O2. The molecule has 0 bridgehead atoms. The van der Waals surface area contributed by atoms with Crippen LogP contribution in [0.15, 0.2) is 54.6 Å². The molecule has 0 saturated heterocycles. The second-order valence-electron chi connectivity index (χ2n) is 4.36. The number of hydrogen-bond donors (Lipinski definition) is 2. The van der Waals surface area contributed by atoms with Gasteiger partial charge in [0.25, 0.3) is 0 Å². The Kier molecular flexibility index (Phi) is 4.35. The Labute approximate surface area is 117 Å². The van der Waals surface area contributed by atoms with Crippen LogP contribution in [0.1, 0.15) is 17.2 Å². The number of nitrogens with zero attached hydrogens (tertiary/aromatic N) is 1. The van der Waals surface area contributed by atoms with E-state index in [2.05, 4.69) is 11.4 Å². The molecule has 0 amide bonds. The summed E-state index contributed by atoms with van der Waals surface area (Å²) >= 11 is 0. The van der Waals surface area contributed by atoms with Crippen molar-refractivity contribution in [1.29, 1.82) is 5.26 Å². The smallest absolute Gasteiger partial charge is 0.330 e. The summed E-state index contributed by atoms with van der Waals surface area (Å²) in [5.41, 5.74) is 2.23. The van der Waals surface area contributed by atoms with Gasteiger partial charge in [-0.1, -0.05) is 42.5 Å². The van der Waals surface area contributed by atoms with E-state index in [1.807, 2.05) is 12.1 Å². The van der Waals surface area contributed by atoms with Crippen molar-refractivity contribution in [3.63, 3.8) is 0 Å². The van der Waals surface area contributed by atoms with Crippen LogP contribution < -0.4 is 5.32 Å². The van der Waals surface area contributed by atoms with Crippen molar-refractivity contribution in [1.82, 2.24) is 0 Å². The number of benzene rings is 2. The zero-order valence-electron chi connectivity index (χ0n) is 10.8. The van der Waals surface area contributed by atoms with Crippen molar-refractivity contribution in [3.8, 4) is 6.07 Å². The van der Waals surface area contributed by atoms with Gasteiger partial charge in [0, 0.05) is 5.69 Å². The van der Waals surface area contributed by atoms with Gasteiger partial charge in [0.2, 0.25) is 0 Å². The molecule has 1 atom stereocenters. The first-order valence-corrected chi connectivity index (χ1v) is 6.21. The standard InChI is InChI=1S/C16H14N2O2/c17-10-9-12-5-4-8-14(11-12)18-15(16(19)20)13-6-2-1-3-7-13/h1-8,11,15,18H,9H2,(H,19,20)/t15-/m0/s1. The van der Waals surface area contributed by atoms with Crippen molar-refractivity contribution < 1.29 is 9.90 Å². The van der Waals surface area contributed by atoms with Gasteiger partial charge in [0.15, 0.2) is 6.04 Å². The lowest BCUT2D eigenvalue weighted by Gasteiger charge is -2.16. The Morgan fingerprint density at radius 3 is 2.60 bits per heavy atom. The van der Waals surface area contributed by atoms with E-state index in [0.29, 0.717) is 17.7 Å². The lowest BCUT2D eigenvalue weighted by Crippen LogP contribution is -2.20. The van der Waals surface area contributed by atoms with Gasteiger partial charge in [-0.15, -0.1) is 0 Å². The molecule has 20 heavy (non-hydrogen) atoms. The highest BCUT2D eigenvalue weighted by molar-refractivity contribution is 5.79. The van der Waals surface area contributed by atoms with Gasteiger partial charge in [-0.25, -0.2) is 4.79 Å². The van der Waals surface area contributed by atoms with E-state index in [4.69, 9.17) is 5.26 Å². The first kappa shape index (κ1) is 13.6. The number of aliphatic carboxylic acids is 1. The molecule has 4 nitrogen and oxygen atoms in total. The Bertz CT molecular complexity index is 632. The van der Waals surface area contributed by atoms with Crippen LogP contribution in [0.2, 0.25) is 0 Å². The molecule has 100 valence electrons. The topological polar surface area (TPSA) is 73.1 Å². The van der Waals surface area contributed by atoms with Crippen LogP contribution in [-0.4, -0.2) is 11.1 Å². The fraction of sp³-hybridized carbons (Fsp3) is 0.125. The van der Waals surface area contributed by atoms with Crippen LogP contribution in [0, 0.1) is 11.3 Å². The molecule has 0 unspecified atom stereocenters. The molecule has 2 aromatic carbocycles. The van der Waals surface area contributed by atoms with Crippen molar-refractivity contribution in [2.45, 2.75) is 12.5 Å². The summed E-state index contributed by atoms with van der Waals surface area (Å²) in [6.45, 7) is 0. The van der Waals surface area contributed by atoms with Crippen LogP contribution in [0.4, 0.5) is 5.69 Å². The molecule has 0 aliphatic rings. The molecule has 2 N–H and O–H groups in total. The van der Waals surface area contributed by atoms with Crippen LogP contribution in [0.5, 0.6) is 0 Å². The summed E-state index contributed by atoms with van der Waals surface area (Å²) in [4.78, 5) is 11.4. The monoisotopic (exact) mass is 266 g/mol. The average molecular weight is 266 g/mol. The van der Waals surface area contributed by atoms with E-state index < -0.39 is 12.0 Å². The maximum atomic E-state index is 11.4. The number of carboxylic acids is 1. The highest BCUT2D eigenvalue weighted by Gasteiger charge is 2.19. The molecule has 0 fully saturated rings. The van der Waals surface area contributed by atoms with Gasteiger partial charge in [0.05, 0.1) is 12.5 Å². The zero-order valence-corrected chi connectivity index (χ0v) is 10.8. The summed E-state index contributed by atoms with van der Waals surface area (Å²) < 4.78 is 0. The van der Waals surface area contributed by atoms with Crippen molar-refractivity contribution in [2.75, 3.05) is 5.32 Å².